The van der Waals surface area contributed by atoms with Crippen molar-refractivity contribution in [1.82, 2.24) is 4.57 Å². The summed E-state index contributed by atoms with van der Waals surface area (Å²) in [6.45, 7) is 2.51. The standard InChI is InChI=1S/C21H20N2O4/c1-2-26-17-10-12-19(13-11-17)27-18-8-6-16(7-9-18)22-20(24)15-23-14-4-3-5-21(23)25/h3-14H,2,15H2,1H3,(H,22,24). The van der Waals surface area contributed by atoms with Gasteiger partial charge in [-0.15, -0.1) is 0 Å². The summed E-state index contributed by atoms with van der Waals surface area (Å²) >= 11 is 0. The molecule has 3 aromatic rings. The SMILES string of the molecule is CCOc1ccc(Oc2ccc(NC(=O)Cn3ccccc3=O)cc2)cc1. The molecule has 138 valence electrons. The van der Waals surface area contributed by atoms with Gasteiger partial charge in [-0.3, -0.25) is 9.59 Å². The van der Waals surface area contributed by atoms with E-state index in [1.807, 2.05) is 31.2 Å². The molecule has 6 nitrogen and oxygen atoms in total. The number of ether oxygens (including phenoxy) is 2. The number of rotatable bonds is 7. The average Bonchev–Trinajstić information content (AvgIpc) is 2.67. The number of hydrogen-bond acceptors (Lipinski definition) is 4. The van der Waals surface area contributed by atoms with Crippen LogP contribution in [0.15, 0.2) is 77.7 Å². The van der Waals surface area contributed by atoms with Crippen molar-refractivity contribution in [1.29, 1.82) is 0 Å². The van der Waals surface area contributed by atoms with Crippen LogP contribution in [0.25, 0.3) is 0 Å². The van der Waals surface area contributed by atoms with Crippen LogP contribution >= 0.6 is 0 Å². The number of aromatic nitrogens is 1. The van der Waals surface area contributed by atoms with Crippen LogP contribution in [0.1, 0.15) is 6.92 Å². The van der Waals surface area contributed by atoms with Crippen molar-refractivity contribution in [3.8, 4) is 17.2 Å². The summed E-state index contributed by atoms with van der Waals surface area (Å²) in [5.41, 5.74) is 0.412. The van der Waals surface area contributed by atoms with Crippen molar-refractivity contribution in [3.63, 3.8) is 0 Å². The molecule has 6 heteroatoms. The third-order valence-electron chi connectivity index (χ3n) is 3.72. The summed E-state index contributed by atoms with van der Waals surface area (Å²) in [4.78, 5) is 23.7. The van der Waals surface area contributed by atoms with Crippen molar-refractivity contribution >= 4 is 11.6 Å². The van der Waals surface area contributed by atoms with Crippen LogP contribution in [0.4, 0.5) is 5.69 Å². The molecule has 0 atom stereocenters. The summed E-state index contributed by atoms with van der Waals surface area (Å²) in [5, 5.41) is 2.76. The molecule has 27 heavy (non-hydrogen) atoms. The van der Waals surface area contributed by atoms with E-state index in [9.17, 15) is 9.59 Å². The molecule has 0 saturated heterocycles. The van der Waals surface area contributed by atoms with Gasteiger partial charge < -0.3 is 19.4 Å². The van der Waals surface area contributed by atoms with E-state index in [4.69, 9.17) is 9.47 Å². The predicted molar refractivity (Wildman–Crippen MR) is 103 cm³/mol. The highest BCUT2D eigenvalue weighted by Gasteiger charge is 2.05. The van der Waals surface area contributed by atoms with E-state index in [1.54, 1.807) is 42.6 Å². The first-order valence-corrected chi connectivity index (χ1v) is 8.60. The highest BCUT2D eigenvalue weighted by Crippen LogP contribution is 2.25. The highest BCUT2D eigenvalue weighted by atomic mass is 16.5. The molecular formula is C21H20N2O4. The first-order valence-electron chi connectivity index (χ1n) is 8.60. The van der Waals surface area contributed by atoms with Crippen molar-refractivity contribution in [3.05, 3.63) is 83.3 Å². The Morgan fingerprint density at radius 2 is 1.56 bits per heavy atom. The van der Waals surface area contributed by atoms with Crippen molar-refractivity contribution in [2.45, 2.75) is 13.5 Å². The minimum atomic E-state index is -0.275. The van der Waals surface area contributed by atoms with Gasteiger partial charge in [0, 0.05) is 18.0 Å². The number of carbonyl (C=O) groups excluding carboxylic acids is 1. The minimum Gasteiger partial charge on any atom is -0.494 e. The Kier molecular flexibility index (Phi) is 5.89. The highest BCUT2D eigenvalue weighted by molar-refractivity contribution is 5.90. The molecule has 0 radical (unpaired) electrons. The molecule has 0 aliphatic rings. The van der Waals surface area contributed by atoms with E-state index in [0.29, 0.717) is 23.8 Å². The maximum Gasteiger partial charge on any atom is 0.250 e. The minimum absolute atomic E-state index is 0.0376. The van der Waals surface area contributed by atoms with Gasteiger partial charge in [0.05, 0.1) is 6.61 Å². The third kappa shape index (κ3) is 5.22. The maximum atomic E-state index is 12.1. The lowest BCUT2D eigenvalue weighted by molar-refractivity contribution is -0.116. The van der Waals surface area contributed by atoms with Gasteiger partial charge in [-0.2, -0.15) is 0 Å². The van der Waals surface area contributed by atoms with E-state index in [0.717, 1.165) is 5.75 Å². The molecule has 0 bridgehead atoms. The molecule has 3 rings (SSSR count). The fourth-order valence-corrected chi connectivity index (χ4v) is 2.46. The second kappa shape index (κ2) is 8.71. The maximum absolute atomic E-state index is 12.1. The largest absolute Gasteiger partial charge is 0.494 e. The summed E-state index contributed by atoms with van der Waals surface area (Å²) < 4.78 is 12.5. The Morgan fingerprint density at radius 3 is 2.19 bits per heavy atom. The average molecular weight is 364 g/mol. The molecule has 0 unspecified atom stereocenters. The van der Waals surface area contributed by atoms with Crippen LogP contribution in [0, 0.1) is 0 Å². The number of amides is 1. The Balaban J connectivity index is 1.57. The number of hydrogen-bond donors (Lipinski definition) is 1. The summed E-state index contributed by atoms with van der Waals surface area (Å²) in [5.74, 6) is 1.86. The quantitative estimate of drug-likeness (QED) is 0.694. The van der Waals surface area contributed by atoms with Crippen LogP contribution in [0.5, 0.6) is 17.2 Å². The Morgan fingerprint density at radius 1 is 0.926 bits per heavy atom. The van der Waals surface area contributed by atoms with E-state index >= 15 is 0 Å². The van der Waals surface area contributed by atoms with Crippen LogP contribution in [0.2, 0.25) is 0 Å². The Bertz CT molecular complexity index is 947. The molecule has 0 saturated carbocycles. The zero-order valence-corrected chi connectivity index (χ0v) is 14.9. The number of nitrogens with zero attached hydrogens (tertiary/aromatic N) is 1. The van der Waals surface area contributed by atoms with E-state index in [2.05, 4.69) is 5.32 Å². The molecule has 0 fully saturated rings. The molecule has 1 N–H and O–H groups in total. The van der Waals surface area contributed by atoms with E-state index < -0.39 is 0 Å². The van der Waals surface area contributed by atoms with Crippen LogP contribution in [-0.2, 0) is 11.3 Å². The van der Waals surface area contributed by atoms with E-state index in [-0.39, 0.29) is 18.0 Å². The molecule has 2 aromatic carbocycles. The number of pyridine rings is 1. The topological polar surface area (TPSA) is 69.6 Å². The first kappa shape index (κ1) is 18.3. The molecule has 1 heterocycles. The lowest BCUT2D eigenvalue weighted by Gasteiger charge is -2.09. The van der Waals surface area contributed by atoms with Gasteiger partial charge in [0.1, 0.15) is 23.8 Å². The number of nitrogens with one attached hydrogen (secondary N) is 1. The van der Waals surface area contributed by atoms with E-state index in [1.165, 1.54) is 10.6 Å². The number of anilines is 1. The van der Waals surface area contributed by atoms with Crippen LogP contribution < -0.4 is 20.3 Å². The van der Waals surface area contributed by atoms with Gasteiger partial charge in [-0.25, -0.2) is 0 Å². The van der Waals surface area contributed by atoms with Crippen molar-refractivity contribution in [2.75, 3.05) is 11.9 Å². The Hall–Kier alpha value is -3.54. The Labute approximate surface area is 157 Å². The molecule has 0 spiro atoms. The fourth-order valence-electron chi connectivity index (χ4n) is 2.46. The summed E-state index contributed by atoms with van der Waals surface area (Å²) in [6, 6.07) is 19.1. The normalized spacial score (nSPS) is 10.3. The fraction of sp³-hybridized carbons (Fsp3) is 0.143. The number of benzene rings is 2. The van der Waals surface area contributed by atoms with Crippen molar-refractivity contribution < 1.29 is 14.3 Å². The molecule has 0 aliphatic carbocycles. The lowest BCUT2D eigenvalue weighted by atomic mass is 10.3. The summed E-state index contributed by atoms with van der Waals surface area (Å²) in [6.07, 6.45) is 1.58. The summed E-state index contributed by atoms with van der Waals surface area (Å²) in [7, 11) is 0. The van der Waals surface area contributed by atoms with Gasteiger partial charge >= 0.3 is 0 Å². The van der Waals surface area contributed by atoms with Gasteiger partial charge in [0.2, 0.25) is 5.91 Å². The second-order valence-corrected chi connectivity index (χ2v) is 5.75. The van der Waals surface area contributed by atoms with Gasteiger partial charge in [-0.05, 0) is 61.5 Å². The molecule has 1 amide bonds. The third-order valence-corrected chi connectivity index (χ3v) is 3.72. The predicted octanol–water partition coefficient (Wildman–Crippen LogP) is 3.68. The van der Waals surface area contributed by atoms with Crippen LogP contribution in [0.3, 0.4) is 0 Å². The van der Waals surface area contributed by atoms with Gasteiger partial charge in [0.15, 0.2) is 0 Å². The number of carbonyl (C=O) groups is 1. The van der Waals surface area contributed by atoms with Gasteiger partial charge in [-0.1, -0.05) is 6.07 Å². The molecule has 0 aliphatic heterocycles. The zero-order chi connectivity index (χ0) is 19.1. The monoisotopic (exact) mass is 364 g/mol. The zero-order valence-electron chi connectivity index (χ0n) is 14.9. The molecular weight excluding hydrogens is 344 g/mol. The molecule has 1 aromatic heterocycles. The first-order chi connectivity index (χ1) is 13.1. The van der Waals surface area contributed by atoms with Crippen molar-refractivity contribution in [2.24, 2.45) is 0 Å². The lowest BCUT2D eigenvalue weighted by Crippen LogP contribution is -2.26. The second-order valence-electron chi connectivity index (χ2n) is 5.75. The smallest absolute Gasteiger partial charge is 0.250 e. The van der Waals surface area contributed by atoms with Gasteiger partial charge in [0.25, 0.3) is 5.56 Å². The van der Waals surface area contributed by atoms with Crippen LogP contribution in [-0.4, -0.2) is 17.1 Å².